The van der Waals surface area contributed by atoms with Crippen molar-refractivity contribution in [1.29, 1.82) is 0 Å². The Morgan fingerprint density at radius 1 is 1.43 bits per heavy atom. The molecule has 0 heterocycles. The normalized spacial score (nSPS) is 11.6. The summed E-state index contributed by atoms with van der Waals surface area (Å²) in [4.78, 5) is -0.253. The van der Waals surface area contributed by atoms with Gasteiger partial charge in [0, 0.05) is 6.54 Å². The van der Waals surface area contributed by atoms with Crippen molar-refractivity contribution in [2.75, 3.05) is 5.75 Å². The third-order valence-corrected chi connectivity index (χ3v) is 3.71. The molecule has 0 saturated heterocycles. The molecular weight excluding hydrogens is 205 g/mol. The van der Waals surface area contributed by atoms with E-state index in [0.717, 1.165) is 6.07 Å². The fraction of sp³-hybridized carbons (Fsp3) is 0.333. The molecule has 0 fully saturated rings. The van der Waals surface area contributed by atoms with Crippen LogP contribution >= 0.6 is 0 Å². The van der Waals surface area contributed by atoms with Crippen molar-refractivity contribution in [3.05, 3.63) is 29.6 Å². The van der Waals surface area contributed by atoms with E-state index in [9.17, 15) is 12.8 Å². The number of hydrogen-bond donors (Lipinski definition) is 1. The second-order valence-electron chi connectivity index (χ2n) is 2.87. The van der Waals surface area contributed by atoms with Gasteiger partial charge in [0.1, 0.15) is 10.7 Å². The maximum atomic E-state index is 13.3. The Morgan fingerprint density at radius 3 is 2.50 bits per heavy atom. The van der Waals surface area contributed by atoms with Crippen molar-refractivity contribution in [3.8, 4) is 0 Å². The van der Waals surface area contributed by atoms with Crippen molar-refractivity contribution in [3.63, 3.8) is 0 Å². The summed E-state index contributed by atoms with van der Waals surface area (Å²) in [6.07, 6.45) is 0. The first-order chi connectivity index (χ1) is 6.51. The van der Waals surface area contributed by atoms with Crippen LogP contribution in [0.2, 0.25) is 0 Å². The summed E-state index contributed by atoms with van der Waals surface area (Å²) < 4.78 is 36.0. The second kappa shape index (κ2) is 4.06. The molecule has 14 heavy (non-hydrogen) atoms. The molecule has 0 radical (unpaired) electrons. The van der Waals surface area contributed by atoms with Crippen LogP contribution in [0.4, 0.5) is 4.39 Å². The van der Waals surface area contributed by atoms with Gasteiger partial charge in [-0.3, -0.25) is 0 Å². The van der Waals surface area contributed by atoms with Gasteiger partial charge >= 0.3 is 0 Å². The topological polar surface area (TPSA) is 60.2 Å². The average Bonchev–Trinajstić information content (AvgIpc) is 2.17. The summed E-state index contributed by atoms with van der Waals surface area (Å²) in [6.45, 7) is 1.68. The van der Waals surface area contributed by atoms with E-state index in [0.29, 0.717) is 5.56 Å². The van der Waals surface area contributed by atoms with Crippen LogP contribution in [-0.2, 0) is 16.4 Å². The Hall–Kier alpha value is -0.940. The van der Waals surface area contributed by atoms with Crippen LogP contribution in [-0.4, -0.2) is 14.2 Å². The molecule has 0 aromatic heterocycles. The zero-order valence-corrected chi connectivity index (χ0v) is 8.64. The molecule has 2 N–H and O–H groups in total. The molecule has 0 spiro atoms. The van der Waals surface area contributed by atoms with Crippen LogP contribution < -0.4 is 5.73 Å². The lowest BCUT2D eigenvalue weighted by molar-refractivity contribution is 0.566. The van der Waals surface area contributed by atoms with Crippen molar-refractivity contribution in [2.45, 2.75) is 18.4 Å². The van der Waals surface area contributed by atoms with Crippen LogP contribution in [0.1, 0.15) is 12.5 Å². The summed E-state index contributed by atoms with van der Waals surface area (Å²) in [5.74, 6) is -0.832. The summed E-state index contributed by atoms with van der Waals surface area (Å²) in [5.41, 5.74) is 5.88. The van der Waals surface area contributed by atoms with Gasteiger partial charge in [0.25, 0.3) is 0 Å². The zero-order chi connectivity index (χ0) is 10.8. The molecular formula is C9H12FNO2S. The average molecular weight is 217 g/mol. The molecule has 3 nitrogen and oxygen atoms in total. The molecule has 1 aromatic rings. The molecule has 0 bridgehead atoms. The van der Waals surface area contributed by atoms with Gasteiger partial charge in [0.15, 0.2) is 9.84 Å². The number of sulfone groups is 1. The Balaban J connectivity index is 3.26. The molecule has 0 aliphatic rings. The van der Waals surface area contributed by atoms with Gasteiger partial charge < -0.3 is 5.73 Å². The highest BCUT2D eigenvalue weighted by atomic mass is 32.2. The molecule has 1 aromatic carbocycles. The molecule has 1 rings (SSSR count). The van der Waals surface area contributed by atoms with Crippen LogP contribution in [0, 0.1) is 5.82 Å². The molecule has 0 atom stereocenters. The van der Waals surface area contributed by atoms with Crippen LogP contribution in [0.5, 0.6) is 0 Å². The van der Waals surface area contributed by atoms with Gasteiger partial charge in [-0.25, -0.2) is 12.8 Å². The minimum absolute atomic E-state index is 0.105. The molecule has 0 unspecified atom stereocenters. The van der Waals surface area contributed by atoms with Crippen molar-refractivity contribution in [1.82, 2.24) is 0 Å². The first-order valence-electron chi connectivity index (χ1n) is 4.22. The highest BCUT2D eigenvalue weighted by molar-refractivity contribution is 7.91. The number of benzene rings is 1. The SMILES string of the molecule is CCS(=O)(=O)c1ccc(CN)cc1F. The monoisotopic (exact) mass is 217 g/mol. The van der Waals surface area contributed by atoms with E-state index in [1.165, 1.54) is 19.1 Å². The largest absolute Gasteiger partial charge is 0.326 e. The molecule has 0 amide bonds. The Kier molecular flexibility index (Phi) is 3.23. The smallest absolute Gasteiger partial charge is 0.180 e. The fourth-order valence-electron chi connectivity index (χ4n) is 1.08. The molecule has 78 valence electrons. The standard InChI is InChI=1S/C9H12FNO2S/c1-2-14(12,13)9-4-3-7(6-11)5-8(9)10/h3-5H,2,6,11H2,1H3. The fourth-order valence-corrected chi connectivity index (χ4v) is 2.02. The van der Waals surface area contributed by atoms with Gasteiger partial charge in [0.05, 0.1) is 5.75 Å². The lowest BCUT2D eigenvalue weighted by Crippen LogP contribution is -2.07. The Bertz CT molecular complexity index is 428. The molecule has 0 saturated carbocycles. The maximum Gasteiger partial charge on any atom is 0.180 e. The van der Waals surface area contributed by atoms with Gasteiger partial charge in [-0.05, 0) is 17.7 Å². The minimum atomic E-state index is -3.47. The summed E-state index contributed by atoms with van der Waals surface area (Å²) in [6, 6.07) is 3.94. The van der Waals surface area contributed by atoms with E-state index in [2.05, 4.69) is 0 Å². The summed E-state index contributed by atoms with van der Waals surface area (Å²) in [7, 11) is -3.47. The highest BCUT2D eigenvalue weighted by Gasteiger charge is 2.16. The second-order valence-corrected chi connectivity index (χ2v) is 5.12. The molecule has 0 aliphatic heterocycles. The van der Waals surface area contributed by atoms with Crippen LogP contribution in [0.3, 0.4) is 0 Å². The van der Waals surface area contributed by atoms with E-state index in [1.807, 2.05) is 0 Å². The number of rotatable bonds is 3. The lowest BCUT2D eigenvalue weighted by Gasteiger charge is -2.04. The van der Waals surface area contributed by atoms with Crippen LogP contribution in [0.15, 0.2) is 23.1 Å². The van der Waals surface area contributed by atoms with Crippen molar-refractivity contribution >= 4 is 9.84 Å². The predicted molar refractivity (Wildman–Crippen MR) is 52.0 cm³/mol. The minimum Gasteiger partial charge on any atom is -0.326 e. The summed E-state index contributed by atoms with van der Waals surface area (Å²) in [5, 5.41) is 0. The molecule has 0 aliphatic carbocycles. The zero-order valence-electron chi connectivity index (χ0n) is 7.83. The first-order valence-corrected chi connectivity index (χ1v) is 5.87. The molecule has 5 heteroatoms. The summed E-state index contributed by atoms with van der Waals surface area (Å²) >= 11 is 0. The van der Waals surface area contributed by atoms with E-state index in [4.69, 9.17) is 5.73 Å². The maximum absolute atomic E-state index is 13.3. The van der Waals surface area contributed by atoms with E-state index in [-0.39, 0.29) is 17.2 Å². The predicted octanol–water partition coefficient (Wildman–Crippen LogP) is 1.08. The van der Waals surface area contributed by atoms with Gasteiger partial charge in [-0.15, -0.1) is 0 Å². The highest BCUT2D eigenvalue weighted by Crippen LogP contribution is 2.17. The lowest BCUT2D eigenvalue weighted by atomic mass is 10.2. The Morgan fingerprint density at radius 2 is 2.07 bits per heavy atom. The number of halogens is 1. The van der Waals surface area contributed by atoms with Crippen molar-refractivity contribution in [2.24, 2.45) is 5.73 Å². The van der Waals surface area contributed by atoms with E-state index < -0.39 is 15.7 Å². The third kappa shape index (κ3) is 2.10. The van der Waals surface area contributed by atoms with Gasteiger partial charge in [-0.1, -0.05) is 13.0 Å². The third-order valence-electron chi connectivity index (χ3n) is 1.95. The van der Waals surface area contributed by atoms with E-state index in [1.54, 1.807) is 0 Å². The Labute approximate surface area is 82.7 Å². The van der Waals surface area contributed by atoms with Crippen molar-refractivity contribution < 1.29 is 12.8 Å². The number of nitrogens with two attached hydrogens (primary N) is 1. The first kappa shape index (κ1) is 11.1. The van der Waals surface area contributed by atoms with E-state index >= 15 is 0 Å². The van der Waals surface area contributed by atoms with Gasteiger partial charge in [0.2, 0.25) is 0 Å². The number of hydrogen-bond acceptors (Lipinski definition) is 3. The quantitative estimate of drug-likeness (QED) is 0.824. The van der Waals surface area contributed by atoms with Crippen LogP contribution in [0.25, 0.3) is 0 Å². The van der Waals surface area contributed by atoms with Gasteiger partial charge in [-0.2, -0.15) is 0 Å².